The minimum absolute atomic E-state index is 0.0362. The van der Waals surface area contributed by atoms with Crippen molar-refractivity contribution in [1.29, 1.82) is 0 Å². The Morgan fingerprint density at radius 2 is 2.13 bits per heavy atom. The van der Waals surface area contributed by atoms with E-state index in [1.54, 1.807) is 12.1 Å². The van der Waals surface area contributed by atoms with Crippen LogP contribution in [0, 0.1) is 0 Å². The molecule has 0 amide bonds. The van der Waals surface area contributed by atoms with Gasteiger partial charge in [-0.3, -0.25) is 0 Å². The molecule has 0 radical (unpaired) electrons. The highest BCUT2D eigenvalue weighted by Gasteiger charge is 1.95. The second-order valence-electron chi connectivity index (χ2n) is 3.02. The molecular weight excluding hydrogens is 192 g/mol. The molecule has 0 saturated heterocycles. The lowest BCUT2D eigenvalue weighted by Crippen LogP contribution is -2.21. The van der Waals surface area contributed by atoms with E-state index in [-0.39, 0.29) is 5.96 Å². The van der Waals surface area contributed by atoms with Gasteiger partial charge in [0.15, 0.2) is 5.96 Å². The van der Waals surface area contributed by atoms with Gasteiger partial charge in [-0.05, 0) is 25.1 Å². The second-order valence-corrected chi connectivity index (χ2v) is 3.02. The Kier molecular flexibility index (Phi) is 4.43. The molecule has 1 aromatic carbocycles. The van der Waals surface area contributed by atoms with Gasteiger partial charge in [0.05, 0.1) is 12.3 Å². The molecule has 0 aromatic heterocycles. The van der Waals surface area contributed by atoms with Gasteiger partial charge in [-0.15, -0.1) is 0 Å². The van der Waals surface area contributed by atoms with Gasteiger partial charge in [-0.2, -0.15) is 0 Å². The summed E-state index contributed by atoms with van der Waals surface area (Å²) in [5.41, 5.74) is 16.6. The van der Waals surface area contributed by atoms with Gasteiger partial charge in [0, 0.05) is 6.07 Å². The van der Waals surface area contributed by atoms with Crippen LogP contribution in [0.1, 0.15) is 6.42 Å². The smallest absolute Gasteiger partial charge is 0.191 e. The van der Waals surface area contributed by atoms with Gasteiger partial charge in [0.25, 0.3) is 0 Å². The highest BCUT2D eigenvalue weighted by molar-refractivity contribution is 5.79. The Morgan fingerprint density at radius 1 is 1.33 bits per heavy atom. The summed E-state index contributed by atoms with van der Waals surface area (Å²) in [5.74, 6) is 0.778. The number of nitrogens with two attached hydrogens (primary N) is 3. The van der Waals surface area contributed by atoms with Crippen LogP contribution in [0.5, 0.6) is 5.75 Å². The quantitative estimate of drug-likeness (QED) is 0.368. The molecule has 82 valence electrons. The third-order valence-corrected chi connectivity index (χ3v) is 1.69. The van der Waals surface area contributed by atoms with Gasteiger partial charge < -0.3 is 21.9 Å². The van der Waals surface area contributed by atoms with Crippen molar-refractivity contribution in [3.8, 4) is 5.75 Å². The lowest BCUT2D eigenvalue weighted by atomic mass is 10.3. The number of benzene rings is 1. The third-order valence-electron chi connectivity index (χ3n) is 1.69. The summed E-state index contributed by atoms with van der Waals surface area (Å²) in [5, 5.41) is 0. The van der Waals surface area contributed by atoms with E-state index in [2.05, 4.69) is 4.99 Å². The van der Waals surface area contributed by atoms with E-state index in [4.69, 9.17) is 21.9 Å². The highest BCUT2D eigenvalue weighted by Crippen LogP contribution is 2.19. The molecule has 15 heavy (non-hydrogen) atoms. The monoisotopic (exact) mass is 208 g/mol. The van der Waals surface area contributed by atoms with E-state index < -0.39 is 0 Å². The average Bonchev–Trinajstić information content (AvgIpc) is 2.18. The maximum absolute atomic E-state index is 5.44. The van der Waals surface area contributed by atoms with Crippen LogP contribution >= 0.6 is 0 Å². The fraction of sp³-hybridized carbons (Fsp3) is 0.300. The zero-order valence-electron chi connectivity index (χ0n) is 8.52. The van der Waals surface area contributed by atoms with E-state index >= 15 is 0 Å². The highest BCUT2D eigenvalue weighted by atomic mass is 16.5. The predicted molar refractivity (Wildman–Crippen MR) is 61.1 cm³/mol. The number of ether oxygens (including phenoxy) is 1. The van der Waals surface area contributed by atoms with Gasteiger partial charge in [-0.25, -0.2) is 4.99 Å². The molecule has 0 heterocycles. The van der Waals surface area contributed by atoms with E-state index in [1.165, 1.54) is 0 Å². The van der Waals surface area contributed by atoms with Crippen molar-refractivity contribution in [3.63, 3.8) is 0 Å². The van der Waals surface area contributed by atoms with Crippen molar-refractivity contribution < 1.29 is 4.74 Å². The minimum atomic E-state index is 0.0362. The number of guanidine groups is 1. The van der Waals surface area contributed by atoms with Crippen molar-refractivity contribution in [3.05, 3.63) is 24.3 Å². The maximum atomic E-state index is 5.44. The second kappa shape index (κ2) is 5.87. The molecule has 0 unspecified atom stereocenters. The summed E-state index contributed by atoms with van der Waals surface area (Å²) in [6.45, 7) is 1.22. The van der Waals surface area contributed by atoms with Gasteiger partial charge in [0.1, 0.15) is 5.75 Å². The lowest BCUT2D eigenvalue weighted by molar-refractivity contribution is 0.313. The molecule has 0 aliphatic carbocycles. The molecule has 5 heteroatoms. The summed E-state index contributed by atoms with van der Waals surface area (Å²) in [6.07, 6.45) is 0.826. The molecule has 0 aliphatic heterocycles. The van der Waals surface area contributed by atoms with Crippen LogP contribution in [-0.2, 0) is 0 Å². The molecule has 0 atom stereocenters. The Labute approximate surface area is 88.9 Å². The fourth-order valence-corrected chi connectivity index (χ4v) is 1.07. The Balaban J connectivity index is 2.62. The predicted octanol–water partition coefficient (Wildman–Crippen LogP) is 0.319. The van der Waals surface area contributed by atoms with Crippen LogP contribution < -0.4 is 21.9 Å². The van der Waals surface area contributed by atoms with E-state index in [9.17, 15) is 0 Å². The van der Waals surface area contributed by atoms with Crippen molar-refractivity contribution in [2.24, 2.45) is 22.2 Å². The van der Waals surface area contributed by atoms with Gasteiger partial charge in [-0.1, -0.05) is 6.07 Å². The zero-order chi connectivity index (χ0) is 11.1. The first kappa shape index (κ1) is 11.3. The first-order valence-corrected chi connectivity index (χ1v) is 4.75. The fourth-order valence-electron chi connectivity index (χ4n) is 1.07. The summed E-state index contributed by atoms with van der Waals surface area (Å²) in [4.78, 5) is 3.92. The van der Waals surface area contributed by atoms with Crippen molar-refractivity contribution >= 4 is 11.6 Å². The Bertz CT molecular complexity index is 334. The van der Waals surface area contributed by atoms with Gasteiger partial charge >= 0.3 is 0 Å². The van der Waals surface area contributed by atoms with Crippen molar-refractivity contribution in [2.75, 3.05) is 13.2 Å². The molecule has 0 aliphatic rings. The summed E-state index contributed by atoms with van der Waals surface area (Å²) >= 11 is 0. The number of aliphatic imine (C=N–C) groups is 1. The zero-order valence-corrected chi connectivity index (χ0v) is 8.52. The summed E-state index contributed by atoms with van der Waals surface area (Å²) < 4.78 is 5.44. The Hall–Kier alpha value is -1.75. The molecule has 6 N–H and O–H groups in total. The SMILES string of the molecule is NCCCOc1cccc(N=C(N)N)c1. The van der Waals surface area contributed by atoms with Gasteiger partial charge in [0.2, 0.25) is 0 Å². The lowest BCUT2D eigenvalue weighted by Gasteiger charge is -2.05. The molecule has 1 aromatic rings. The molecule has 5 nitrogen and oxygen atoms in total. The van der Waals surface area contributed by atoms with E-state index in [0.717, 1.165) is 12.2 Å². The van der Waals surface area contributed by atoms with Crippen LogP contribution in [0.3, 0.4) is 0 Å². The molecule has 0 saturated carbocycles. The van der Waals surface area contributed by atoms with Crippen LogP contribution in [0.2, 0.25) is 0 Å². The number of hydrogen-bond donors (Lipinski definition) is 3. The maximum Gasteiger partial charge on any atom is 0.191 e. The molecule has 0 spiro atoms. The standard InChI is InChI=1S/C10H16N4O/c11-5-2-6-15-9-4-1-3-8(7-9)14-10(12)13/h1,3-4,7H,2,5-6,11H2,(H4,12,13,14). The van der Waals surface area contributed by atoms with Crippen LogP contribution in [-0.4, -0.2) is 19.1 Å². The average molecular weight is 208 g/mol. The van der Waals surface area contributed by atoms with Crippen LogP contribution in [0.4, 0.5) is 5.69 Å². The van der Waals surface area contributed by atoms with Crippen molar-refractivity contribution in [2.45, 2.75) is 6.42 Å². The minimum Gasteiger partial charge on any atom is -0.493 e. The third kappa shape index (κ3) is 4.33. The first-order valence-electron chi connectivity index (χ1n) is 4.75. The number of rotatable bonds is 5. The largest absolute Gasteiger partial charge is 0.493 e. The topological polar surface area (TPSA) is 99.6 Å². The first-order chi connectivity index (χ1) is 7.22. The summed E-state index contributed by atoms with van der Waals surface area (Å²) in [7, 11) is 0. The molecule has 1 rings (SSSR count). The molecule has 0 fully saturated rings. The number of nitrogens with zero attached hydrogens (tertiary/aromatic N) is 1. The van der Waals surface area contributed by atoms with Crippen LogP contribution in [0.15, 0.2) is 29.3 Å². The van der Waals surface area contributed by atoms with Crippen LogP contribution in [0.25, 0.3) is 0 Å². The van der Waals surface area contributed by atoms with E-state index in [0.29, 0.717) is 18.8 Å². The molecular formula is C10H16N4O. The molecule has 0 bridgehead atoms. The van der Waals surface area contributed by atoms with Crippen molar-refractivity contribution in [1.82, 2.24) is 0 Å². The normalized spacial score (nSPS) is 9.67. The summed E-state index contributed by atoms with van der Waals surface area (Å²) in [6, 6.07) is 7.26. The Morgan fingerprint density at radius 3 is 2.80 bits per heavy atom. The number of hydrogen-bond acceptors (Lipinski definition) is 3. The van der Waals surface area contributed by atoms with E-state index in [1.807, 2.05) is 12.1 Å².